The van der Waals surface area contributed by atoms with Crippen LogP contribution in [0.1, 0.15) is 65.9 Å². The fourth-order valence-corrected chi connectivity index (χ4v) is 3.06. The SMILES string of the molecule is CC(C)C[C@H](NC(=O)OCc1ccccc1)C(=O)N[C@H](C=O)CCCCNC(=O)OC(C)(C)C. The second-order valence-corrected chi connectivity index (χ2v) is 9.56. The summed E-state index contributed by atoms with van der Waals surface area (Å²) in [5, 5.41) is 7.96. The van der Waals surface area contributed by atoms with Gasteiger partial charge in [-0.25, -0.2) is 9.59 Å². The smallest absolute Gasteiger partial charge is 0.408 e. The second kappa shape index (κ2) is 14.9. The van der Waals surface area contributed by atoms with Gasteiger partial charge in [-0.1, -0.05) is 44.2 Å². The first kappa shape index (κ1) is 28.9. The maximum Gasteiger partial charge on any atom is 0.408 e. The molecule has 0 aliphatic heterocycles. The van der Waals surface area contributed by atoms with Crippen LogP contribution in [0.2, 0.25) is 0 Å². The summed E-state index contributed by atoms with van der Waals surface area (Å²) < 4.78 is 10.4. The first-order valence-electron chi connectivity index (χ1n) is 11.7. The van der Waals surface area contributed by atoms with E-state index in [-0.39, 0.29) is 12.5 Å². The number of benzene rings is 1. The number of carbonyl (C=O) groups excluding carboxylic acids is 4. The maximum atomic E-state index is 12.8. The van der Waals surface area contributed by atoms with Crippen LogP contribution in [-0.4, -0.2) is 48.6 Å². The highest BCUT2D eigenvalue weighted by Crippen LogP contribution is 2.09. The van der Waals surface area contributed by atoms with Crippen molar-refractivity contribution in [2.24, 2.45) is 5.92 Å². The zero-order chi connectivity index (χ0) is 25.6. The van der Waals surface area contributed by atoms with Crippen LogP contribution in [0.3, 0.4) is 0 Å². The third kappa shape index (κ3) is 13.4. The van der Waals surface area contributed by atoms with Crippen molar-refractivity contribution in [2.75, 3.05) is 6.54 Å². The topological polar surface area (TPSA) is 123 Å². The van der Waals surface area contributed by atoms with Crippen molar-refractivity contribution in [1.29, 1.82) is 0 Å². The molecule has 3 amide bonds. The molecule has 2 atom stereocenters. The Morgan fingerprint density at radius 3 is 2.26 bits per heavy atom. The van der Waals surface area contributed by atoms with E-state index in [1.165, 1.54) is 0 Å². The monoisotopic (exact) mass is 477 g/mol. The van der Waals surface area contributed by atoms with Crippen LogP contribution in [0.4, 0.5) is 9.59 Å². The third-order valence-electron chi connectivity index (χ3n) is 4.63. The van der Waals surface area contributed by atoms with Crippen molar-refractivity contribution in [3.05, 3.63) is 35.9 Å². The van der Waals surface area contributed by atoms with Crippen molar-refractivity contribution >= 4 is 24.4 Å². The van der Waals surface area contributed by atoms with Gasteiger partial charge in [0.05, 0.1) is 6.04 Å². The molecule has 0 fully saturated rings. The lowest BCUT2D eigenvalue weighted by atomic mass is 10.0. The van der Waals surface area contributed by atoms with E-state index in [2.05, 4.69) is 16.0 Å². The summed E-state index contributed by atoms with van der Waals surface area (Å²) >= 11 is 0. The van der Waals surface area contributed by atoms with Gasteiger partial charge in [0.2, 0.25) is 5.91 Å². The molecule has 34 heavy (non-hydrogen) atoms. The molecular formula is C25H39N3O6. The maximum absolute atomic E-state index is 12.8. The summed E-state index contributed by atoms with van der Waals surface area (Å²) in [6, 6.07) is 7.72. The minimum absolute atomic E-state index is 0.0942. The number of unbranched alkanes of at least 4 members (excludes halogenated alkanes) is 1. The van der Waals surface area contributed by atoms with Crippen LogP contribution in [0.15, 0.2) is 30.3 Å². The molecule has 9 heteroatoms. The number of hydrogen-bond acceptors (Lipinski definition) is 6. The van der Waals surface area contributed by atoms with Crippen molar-refractivity contribution in [3.8, 4) is 0 Å². The average Bonchev–Trinajstić information content (AvgIpc) is 2.75. The molecule has 0 saturated heterocycles. The van der Waals surface area contributed by atoms with Crippen molar-refractivity contribution in [1.82, 2.24) is 16.0 Å². The molecule has 0 aliphatic rings. The molecule has 1 aromatic rings. The number of aldehydes is 1. The summed E-state index contributed by atoms with van der Waals surface area (Å²) in [5.74, 6) is -0.298. The Kier molecular flexibility index (Phi) is 12.7. The van der Waals surface area contributed by atoms with Crippen molar-refractivity contribution in [3.63, 3.8) is 0 Å². The summed E-state index contributed by atoms with van der Waals surface area (Å²) in [5.41, 5.74) is 0.274. The lowest BCUT2D eigenvalue weighted by Gasteiger charge is -2.22. The Morgan fingerprint density at radius 2 is 1.68 bits per heavy atom. The third-order valence-corrected chi connectivity index (χ3v) is 4.63. The number of amides is 3. The van der Waals surface area contributed by atoms with E-state index < -0.39 is 35.8 Å². The Bertz CT molecular complexity index is 777. The molecule has 0 unspecified atom stereocenters. The summed E-state index contributed by atoms with van der Waals surface area (Å²) in [6.45, 7) is 9.73. The van der Waals surface area contributed by atoms with Gasteiger partial charge in [-0.05, 0) is 57.9 Å². The van der Waals surface area contributed by atoms with Gasteiger partial charge in [-0.3, -0.25) is 4.79 Å². The molecule has 1 rings (SSSR count). The highest BCUT2D eigenvalue weighted by atomic mass is 16.6. The van der Waals surface area contributed by atoms with Gasteiger partial charge in [-0.15, -0.1) is 0 Å². The standard InChI is InChI=1S/C25H39N3O6/c1-18(2)15-21(28-24(32)33-17-19-11-7-6-8-12-19)22(30)27-20(16-29)13-9-10-14-26-23(31)34-25(3,4)5/h6-8,11-12,16,18,20-21H,9-10,13-15,17H2,1-5H3,(H,26,31)(H,27,30)(H,28,32)/t20-,21-/m0/s1. The van der Waals surface area contributed by atoms with Crippen molar-refractivity contribution in [2.45, 2.75) is 84.6 Å². The summed E-state index contributed by atoms with van der Waals surface area (Å²) in [4.78, 5) is 48.1. The highest BCUT2D eigenvalue weighted by Gasteiger charge is 2.24. The number of rotatable bonds is 13. The van der Waals surface area contributed by atoms with Gasteiger partial charge in [0.25, 0.3) is 0 Å². The second-order valence-electron chi connectivity index (χ2n) is 9.56. The minimum Gasteiger partial charge on any atom is -0.445 e. The van der Waals surface area contributed by atoms with Crippen LogP contribution >= 0.6 is 0 Å². The van der Waals surface area contributed by atoms with Gasteiger partial charge < -0.3 is 30.2 Å². The number of hydrogen-bond donors (Lipinski definition) is 3. The molecule has 3 N–H and O–H groups in total. The van der Waals surface area contributed by atoms with E-state index >= 15 is 0 Å². The van der Waals surface area contributed by atoms with Gasteiger partial charge in [0, 0.05) is 6.54 Å². The average molecular weight is 478 g/mol. The molecule has 0 radical (unpaired) electrons. The van der Waals surface area contributed by atoms with E-state index in [1.807, 2.05) is 44.2 Å². The zero-order valence-corrected chi connectivity index (χ0v) is 20.9. The van der Waals surface area contributed by atoms with Gasteiger partial charge in [0.15, 0.2) is 0 Å². The first-order chi connectivity index (χ1) is 16.0. The molecule has 9 nitrogen and oxygen atoms in total. The van der Waals surface area contributed by atoms with E-state index in [4.69, 9.17) is 9.47 Å². The number of nitrogens with one attached hydrogen (secondary N) is 3. The Hall–Kier alpha value is -3.10. The highest BCUT2D eigenvalue weighted by molar-refractivity contribution is 5.87. The molecule has 1 aromatic carbocycles. The summed E-state index contributed by atoms with van der Waals surface area (Å²) in [6.07, 6.45) is 1.55. The minimum atomic E-state index is -0.820. The van der Waals surface area contributed by atoms with Crippen LogP contribution in [0.5, 0.6) is 0 Å². The predicted molar refractivity (Wildman–Crippen MR) is 129 cm³/mol. The van der Waals surface area contributed by atoms with Gasteiger partial charge >= 0.3 is 12.2 Å². The van der Waals surface area contributed by atoms with E-state index in [1.54, 1.807) is 20.8 Å². The Morgan fingerprint density at radius 1 is 1.00 bits per heavy atom. The summed E-state index contributed by atoms with van der Waals surface area (Å²) in [7, 11) is 0. The molecule has 0 aliphatic carbocycles. The molecule has 190 valence electrons. The first-order valence-corrected chi connectivity index (χ1v) is 11.7. The number of carbonyl (C=O) groups is 4. The van der Waals surface area contributed by atoms with Crippen LogP contribution in [0, 0.1) is 5.92 Å². The van der Waals surface area contributed by atoms with Gasteiger partial charge in [0.1, 0.15) is 24.5 Å². The molecular weight excluding hydrogens is 438 g/mol. The normalized spacial score (nSPS) is 12.9. The Balaban J connectivity index is 2.46. The van der Waals surface area contributed by atoms with E-state index in [9.17, 15) is 19.2 Å². The molecule has 0 aromatic heterocycles. The van der Waals surface area contributed by atoms with Crippen LogP contribution in [-0.2, 0) is 25.7 Å². The Labute approximate surface area is 202 Å². The fourth-order valence-electron chi connectivity index (χ4n) is 3.06. The van der Waals surface area contributed by atoms with E-state index in [0.29, 0.717) is 38.5 Å². The number of alkyl carbamates (subject to hydrolysis) is 2. The molecule has 0 bridgehead atoms. The molecule has 0 saturated carbocycles. The quantitative estimate of drug-likeness (QED) is 0.294. The molecule has 0 heterocycles. The van der Waals surface area contributed by atoms with Crippen LogP contribution < -0.4 is 16.0 Å². The van der Waals surface area contributed by atoms with Crippen LogP contribution in [0.25, 0.3) is 0 Å². The lowest BCUT2D eigenvalue weighted by Crippen LogP contribution is -2.50. The fraction of sp³-hybridized carbons (Fsp3) is 0.600. The van der Waals surface area contributed by atoms with Gasteiger partial charge in [-0.2, -0.15) is 0 Å². The van der Waals surface area contributed by atoms with E-state index in [0.717, 1.165) is 5.56 Å². The van der Waals surface area contributed by atoms with Crippen molar-refractivity contribution < 1.29 is 28.7 Å². The lowest BCUT2D eigenvalue weighted by molar-refractivity contribution is -0.126. The largest absolute Gasteiger partial charge is 0.445 e. The predicted octanol–water partition coefficient (Wildman–Crippen LogP) is 3.71. The zero-order valence-electron chi connectivity index (χ0n) is 20.9. The molecule has 0 spiro atoms. The number of ether oxygens (including phenoxy) is 2.